The average molecular weight is 300 g/mol. The van der Waals surface area contributed by atoms with Gasteiger partial charge in [0.2, 0.25) is 0 Å². The van der Waals surface area contributed by atoms with Crippen LogP contribution in [0.1, 0.15) is 41.5 Å². The molecule has 0 saturated carbocycles. The zero-order valence-electron chi connectivity index (χ0n) is 10.5. The maximum Gasteiger partial charge on any atom is 0.253 e. The van der Waals surface area contributed by atoms with Crippen LogP contribution in [0.3, 0.4) is 0 Å². The first kappa shape index (κ1) is 14.1. The van der Waals surface area contributed by atoms with E-state index >= 15 is 0 Å². The second kappa shape index (κ2) is 6.69. The summed E-state index contributed by atoms with van der Waals surface area (Å²) < 4.78 is 0. The van der Waals surface area contributed by atoms with Crippen molar-refractivity contribution in [3.05, 3.63) is 23.0 Å². The minimum atomic E-state index is -0.0618. The maximum absolute atomic E-state index is 12.1. The largest absolute Gasteiger partial charge is 0.349 e. The van der Waals surface area contributed by atoms with Crippen molar-refractivity contribution >= 4 is 21.8 Å². The third-order valence-corrected chi connectivity index (χ3v) is 3.09. The van der Waals surface area contributed by atoms with Crippen LogP contribution in [0.5, 0.6) is 0 Å². The molecule has 5 heteroatoms. The molecule has 1 N–H and O–H groups in total. The van der Waals surface area contributed by atoms with E-state index in [0.29, 0.717) is 11.3 Å². The molecule has 0 fully saturated rings. The molecule has 1 amide bonds. The van der Waals surface area contributed by atoms with E-state index < -0.39 is 0 Å². The van der Waals surface area contributed by atoms with Crippen molar-refractivity contribution in [1.29, 1.82) is 0 Å². The maximum atomic E-state index is 12.1. The number of carbonyl (C=O) groups excluding carboxylic acids is 1. The number of rotatable bonds is 5. The summed E-state index contributed by atoms with van der Waals surface area (Å²) in [6.07, 6.45) is 1.85. The lowest BCUT2D eigenvalue weighted by Crippen LogP contribution is -2.35. The van der Waals surface area contributed by atoms with Gasteiger partial charge in [0.15, 0.2) is 0 Å². The van der Waals surface area contributed by atoms with Gasteiger partial charge in [0, 0.05) is 11.4 Å². The zero-order chi connectivity index (χ0) is 12.8. The molecule has 0 aliphatic rings. The highest BCUT2D eigenvalue weighted by Crippen LogP contribution is 2.07. The van der Waals surface area contributed by atoms with Crippen molar-refractivity contribution in [1.82, 2.24) is 15.5 Å². The highest BCUT2D eigenvalue weighted by atomic mass is 79.9. The second-order valence-electron chi connectivity index (χ2n) is 4.04. The van der Waals surface area contributed by atoms with E-state index in [2.05, 4.69) is 38.4 Å². The summed E-state index contributed by atoms with van der Waals surface area (Å²) in [6.45, 7) is 5.70. The normalized spacial score (nSPS) is 12.2. The molecule has 1 heterocycles. The predicted molar refractivity (Wildman–Crippen MR) is 71.5 cm³/mol. The van der Waals surface area contributed by atoms with Gasteiger partial charge in [-0.1, -0.05) is 22.9 Å². The standard InChI is InChI=1S/C12H18BrN3O/c1-4-10(5-6-13)14-12(17)11-7-8(2)15-16-9(11)3/h7,10H,4-6H2,1-3H3,(H,14,17). The quantitative estimate of drug-likeness (QED) is 0.850. The molecule has 1 aromatic heterocycles. The lowest BCUT2D eigenvalue weighted by Gasteiger charge is -2.16. The van der Waals surface area contributed by atoms with E-state index in [4.69, 9.17) is 0 Å². The van der Waals surface area contributed by atoms with Crippen LogP contribution >= 0.6 is 15.9 Å². The first-order valence-corrected chi connectivity index (χ1v) is 6.88. The topological polar surface area (TPSA) is 54.9 Å². The molecule has 17 heavy (non-hydrogen) atoms. The summed E-state index contributed by atoms with van der Waals surface area (Å²) >= 11 is 3.39. The van der Waals surface area contributed by atoms with Crippen LogP contribution in [0, 0.1) is 13.8 Å². The SMILES string of the molecule is CCC(CCBr)NC(=O)c1cc(C)nnc1C. The van der Waals surface area contributed by atoms with Gasteiger partial charge in [-0.25, -0.2) is 0 Å². The summed E-state index contributed by atoms with van der Waals surface area (Å²) in [5, 5.41) is 11.8. The molecule has 1 atom stereocenters. The number of halogens is 1. The van der Waals surface area contributed by atoms with Gasteiger partial charge in [0.25, 0.3) is 5.91 Å². The summed E-state index contributed by atoms with van der Waals surface area (Å²) in [4.78, 5) is 12.1. The molecule has 0 aliphatic carbocycles. The number of aryl methyl sites for hydroxylation is 2. The number of alkyl halides is 1. The third-order valence-electron chi connectivity index (χ3n) is 2.63. The van der Waals surface area contributed by atoms with Crippen molar-refractivity contribution in [2.75, 3.05) is 5.33 Å². The van der Waals surface area contributed by atoms with Crippen LogP contribution in [0.25, 0.3) is 0 Å². The Morgan fingerprint density at radius 2 is 2.18 bits per heavy atom. The molecule has 0 aliphatic heterocycles. The van der Waals surface area contributed by atoms with E-state index in [1.165, 1.54) is 0 Å². The number of amides is 1. The van der Waals surface area contributed by atoms with Gasteiger partial charge in [0.05, 0.1) is 17.0 Å². The van der Waals surface area contributed by atoms with Crippen LogP contribution in [0.15, 0.2) is 6.07 Å². The van der Waals surface area contributed by atoms with Gasteiger partial charge in [-0.15, -0.1) is 0 Å². The van der Waals surface area contributed by atoms with Gasteiger partial charge < -0.3 is 5.32 Å². The van der Waals surface area contributed by atoms with Gasteiger partial charge in [-0.05, 0) is 32.8 Å². The minimum Gasteiger partial charge on any atom is -0.349 e. The van der Waals surface area contributed by atoms with Crippen LogP contribution in [0.2, 0.25) is 0 Å². The fraction of sp³-hybridized carbons (Fsp3) is 0.583. The lowest BCUT2D eigenvalue weighted by atomic mass is 10.1. The highest BCUT2D eigenvalue weighted by molar-refractivity contribution is 9.09. The van der Waals surface area contributed by atoms with Crippen molar-refractivity contribution in [3.63, 3.8) is 0 Å². The number of hydrogen-bond acceptors (Lipinski definition) is 3. The van der Waals surface area contributed by atoms with E-state index in [-0.39, 0.29) is 11.9 Å². The Kier molecular flexibility index (Phi) is 5.55. The minimum absolute atomic E-state index is 0.0618. The Morgan fingerprint density at radius 3 is 2.76 bits per heavy atom. The fourth-order valence-corrected chi connectivity index (χ4v) is 2.11. The summed E-state index contributed by atoms with van der Waals surface area (Å²) in [5.41, 5.74) is 2.04. The molecule has 1 unspecified atom stereocenters. The number of hydrogen-bond donors (Lipinski definition) is 1. The van der Waals surface area contributed by atoms with Gasteiger partial charge in [0.1, 0.15) is 0 Å². The molecule has 0 bridgehead atoms. The zero-order valence-corrected chi connectivity index (χ0v) is 12.0. The Hall–Kier alpha value is -0.970. The molecular formula is C12H18BrN3O. The average Bonchev–Trinajstić information content (AvgIpc) is 2.31. The molecular weight excluding hydrogens is 282 g/mol. The van der Waals surface area contributed by atoms with Gasteiger partial charge in [-0.3, -0.25) is 4.79 Å². The Balaban J connectivity index is 2.78. The molecule has 0 radical (unpaired) electrons. The molecule has 0 spiro atoms. The van der Waals surface area contributed by atoms with Crippen molar-refractivity contribution in [2.45, 2.75) is 39.7 Å². The van der Waals surface area contributed by atoms with E-state index in [0.717, 1.165) is 23.9 Å². The molecule has 94 valence electrons. The van der Waals surface area contributed by atoms with E-state index in [9.17, 15) is 4.79 Å². The lowest BCUT2D eigenvalue weighted by molar-refractivity contribution is 0.0934. The van der Waals surface area contributed by atoms with Crippen LogP contribution in [-0.2, 0) is 0 Å². The first-order valence-electron chi connectivity index (χ1n) is 5.76. The van der Waals surface area contributed by atoms with E-state index in [1.807, 2.05) is 6.92 Å². The molecule has 1 aromatic rings. The van der Waals surface area contributed by atoms with Gasteiger partial charge in [-0.2, -0.15) is 10.2 Å². The highest BCUT2D eigenvalue weighted by Gasteiger charge is 2.14. The molecule has 0 saturated heterocycles. The summed E-state index contributed by atoms with van der Waals surface area (Å²) in [7, 11) is 0. The van der Waals surface area contributed by atoms with E-state index in [1.54, 1.807) is 13.0 Å². The van der Waals surface area contributed by atoms with Crippen molar-refractivity contribution in [2.24, 2.45) is 0 Å². The van der Waals surface area contributed by atoms with Crippen LogP contribution < -0.4 is 5.32 Å². The number of aromatic nitrogens is 2. The molecule has 4 nitrogen and oxygen atoms in total. The monoisotopic (exact) mass is 299 g/mol. The number of nitrogens with zero attached hydrogens (tertiary/aromatic N) is 2. The Morgan fingerprint density at radius 1 is 1.47 bits per heavy atom. The second-order valence-corrected chi connectivity index (χ2v) is 4.83. The fourth-order valence-electron chi connectivity index (χ4n) is 1.55. The van der Waals surface area contributed by atoms with Crippen molar-refractivity contribution in [3.8, 4) is 0 Å². The molecule has 0 aromatic carbocycles. The summed E-state index contributed by atoms with van der Waals surface area (Å²) in [6, 6.07) is 1.98. The smallest absolute Gasteiger partial charge is 0.253 e. The van der Waals surface area contributed by atoms with Crippen LogP contribution in [-0.4, -0.2) is 27.5 Å². The van der Waals surface area contributed by atoms with Gasteiger partial charge >= 0.3 is 0 Å². The summed E-state index contributed by atoms with van der Waals surface area (Å²) in [5.74, 6) is -0.0618. The Labute approximate surface area is 110 Å². The molecule has 1 rings (SSSR count). The Bertz CT molecular complexity index is 395. The van der Waals surface area contributed by atoms with Crippen LogP contribution in [0.4, 0.5) is 0 Å². The predicted octanol–water partition coefficient (Wildman–Crippen LogP) is 2.39. The third kappa shape index (κ3) is 4.07. The first-order chi connectivity index (χ1) is 8.08. The van der Waals surface area contributed by atoms with Crippen molar-refractivity contribution < 1.29 is 4.79 Å². The number of carbonyl (C=O) groups is 1. The number of nitrogens with one attached hydrogen (secondary N) is 1.